The standard InChI is InChI=1S/C22H25BrN4O2S/c1-5-27-20(12-29-19-9-6-14(2)10-16(19)4)25-26-22(27)30-13-21(28)24-18-8-7-17(23)11-15(18)3/h6-11H,5,12-13H2,1-4H3,(H,24,28). The Hall–Kier alpha value is -2.32. The van der Waals surface area contributed by atoms with Gasteiger partial charge in [-0.05, 0) is 63.1 Å². The maximum atomic E-state index is 12.4. The van der Waals surface area contributed by atoms with Gasteiger partial charge in [-0.15, -0.1) is 10.2 Å². The average molecular weight is 489 g/mol. The summed E-state index contributed by atoms with van der Waals surface area (Å²) >= 11 is 4.80. The normalized spacial score (nSPS) is 10.8. The van der Waals surface area contributed by atoms with Gasteiger partial charge in [0, 0.05) is 16.7 Å². The Kier molecular flexibility index (Phi) is 7.55. The molecule has 0 atom stereocenters. The minimum absolute atomic E-state index is 0.0795. The lowest BCUT2D eigenvalue weighted by Gasteiger charge is -2.11. The van der Waals surface area contributed by atoms with E-state index in [4.69, 9.17) is 4.74 Å². The highest BCUT2D eigenvalue weighted by atomic mass is 79.9. The molecule has 0 radical (unpaired) electrons. The highest BCUT2D eigenvalue weighted by Crippen LogP contribution is 2.23. The van der Waals surface area contributed by atoms with Crippen LogP contribution in [0.25, 0.3) is 0 Å². The number of nitrogens with zero attached hydrogens (tertiary/aromatic N) is 3. The van der Waals surface area contributed by atoms with E-state index in [2.05, 4.69) is 44.4 Å². The van der Waals surface area contributed by atoms with E-state index in [0.717, 1.165) is 32.9 Å². The van der Waals surface area contributed by atoms with Gasteiger partial charge in [-0.3, -0.25) is 4.79 Å². The number of anilines is 1. The van der Waals surface area contributed by atoms with Crippen molar-refractivity contribution in [3.8, 4) is 5.75 Å². The zero-order chi connectivity index (χ0) is 21.7. The second-order valence-corrected chi connectivity index (χ2v) is 8.85. The van der Waals surface area contributed by atoms with Crippen molar-refractivity contribution in [3.05, 3.63) is 63.4 Å². The van der Waals surface area contributed by atoms with Crippen LogP contribution in [0.5, 0.6) is 5.75 Å². The molecular formula is C22H25BrN4O2S. The van der Waals surface area contributed by atoms with Crippen molar-refractivity contribution in [1.82, 2.24) is 14.8 Å². The zero-order valence-corrected chi connectivity index (χ0v) is 19.9. The van der Waals surface area contributed by atoms with Gasteiger partial charge in [0.25, 0.3) is 0 Å². The van der Waals surface area contributed by atoms with Crippen molar-refractivity contribution in [3.63, 3.8) is 0 Å². The molecule has 0 fully saturated rings. The van der Waals surface area contributed by atoms with E-state index in [1.54, 1.807) is 0 Å². The Morgan fingerprint density at radius 2 is 1.93 bits per heavy atom. The predicted octanol–water partition coefficient (Wildman–Crippen LogP) is 5.30. The number of aryl methyl sites for hydroxylation is 3. The SMILES string of the molecule is CCn1c(COc2ccc(C)cc2C)nnc1SCC(=O)Nc1ccc(Br)cc1C. The Labute approximate surface area is 189 Å². The lowest BCUT2D eigenvalue weighted by Crippen LogP contribution is -2.15. The number of ether oxygens (including phenoxy) is 1. The maximum absolute atomic E-state index is 12.4. The van der Waals surface area contributed by atoms with Crippen molar-refractivity contribution >= 4 is 39.3 Å². The number of hydrogen-bond acceptors (Lipinski definition) is 5. The molecule has 1 amide bonds. The topological polar surface area (TPSA) is 69.0 Å². The van der Waals surface area contributed by atoms with Crippen LogP contribution >= 0.6 is 27.7 Å². The lowest BCUT2D eigenvalue weighted by molar-refractivity contribution is -0.113. The summed E-state index contributed by atoms with van der Waals surface area (Å²) in [7, 11) is 0. The molecule has 0 spiro atoms. The third-order valence-electron chi connectivity index (χ3n) is 4.59. The van der Waals surface area contributed by atoms with Gasteiger partial charge in [0.15, 0.2) is 11.0 Å². The van der Waals surface area contributed by atoms with Crippen molar-refractivity contribution in [1.29, 1.82) is 0 Å². The van der Waals surface area contributed by atoms with E-state index < -0.39 is 0 Å². The van der Waals surface area contributed by atoms with Crippen molar-refractivity contribution in [2.75, 3.05) is 11.1 Å². The number of halogens is 1. The first kappa shape index (κ1) is 22.4. The molecule has 8 heteroatoms. The Morgan fingerprint density at radius 1 is 1.13 bits per heavy atom. The predicted molar refractivity (Wildman–Crippen MR) is 124 cm³/mol. The quantitative estimate of drug-likeness (QED) is 0.435. The molecule has 6 nitrogen and oxygen atoms in total. The fourth-order valence-corrected chi connectivity index (χ4v) is 4.33. The number of hydrogen-bond donors (Lipinski definition) is 1. The molecule has 0 aliphatic heterocycles. The van der Waals surface area contributed by atoms with Gasteiger partial charge >= 0.3 is 0 Å². The summed E-state index contributed by atoms with van der Waals surface area (Å²) in [5.41, 5.74) is 4.10. The van der Waals surface area contributed by atoms with E-state index in [-0.39, 0.29) is 11.7 Å². The minimum Gasteiger partial charge on any atom is -0.485 e. The van der Waals surface area contributed by atoms with Crippen molar-refractivity contribution in [2.45, 2.75) is 46.0 Å². The summed E-state index contributed by atoms with van der Waals surface area (Å²) < 4.78 is 8.91. The smallest absolute Gasteiger partial charge is 0.234 e. The van der Waals surface area contributed by atoms with Crippen LogP contribution in [0.3, 0.4) is 0 Å². The summed E-state index contributed by atoms with van der Waals surface area (Å²) in [6.45, 7) is 9.11. The van der Waals surface area contributed by atoms with Crippen molar-refractivity contribution in [2.24, 2.45) is 0 Å². The van der Waals surface area contributed by atoms with Gasteiger partial charge in [-0.25, -0.2) is 0 Å². The van der Waals surface area contributed by atoms with Crippen LogP contribution < -0.4 is 10.1 Å². The first-order valence-electron chi connectivity index (χ1n) is 9.68. The Bertz CT molecular complexity index is 1050. The third-order valence-corrected chi connectivity index (χ3v) is 6.05. The molecule has 0 aliphatic carbocycles. The van der Waals surface area contributed by atoms with Gasteiger partial charge in [0.05, 0.1) is 5.75 Å². The van der Waals surface area contributed by atoms with Gasteiger partial charge < -0.3 is 14.6 Å². The Balaban J connectivity index is 1.60. The molecule has 0 unspecified atom stereocenters. The van der Waals surface area contributed by atoms with Crippen LogP contribution in [0, 0.1) is 20.8 Å². The van der Waals surface area contributed by atoms with E-state index in [1.165, 1.54) is 17.3 Å². The monoisotopic (exact) mass is 488 g/mol. The molecule has 0 bridgehead atoms. The van der Waals surface area contributed by atoms with E-state index in [0.29, 0.717) is 18.3 Å². The first-order valence-corrected chi connectivity index (χ1v) is 11.5. The van der Waals surface area contributed by atoms with E-state index >= 15 is 0 Å². The molecule has 1 N–H and O–H groups in total. The lowest BCUT2D eigenvalue weighted by atomic mass is 10.1. The molecule has 1 heterocycles. The van der Waals surface area contributed by atoms with Crippen LogP contribution in [0.1, 0.15) is 29.4 Å². The van der Waals surface area contributed by atoms with E-state index in [1.807, 2.05) is 55.7 Å². The number of carbonyl (C=O) groups is 1. The molecule has 0 saturated heterocycles. The number of benzene rings is 2. The molecule has 158 valence electrons. The van der Waals surface area contributed by atoms with Gasteiger partial charge in [0.1, 0.15) is 12.4 Å². The summed E-state index contributed by atoms with van der Waals surface area (Å²) in [5, 5.41) is 12.2. The largest absolute Gasteiger partial charge is 0.485 e. The van der Waals surface area contributed by atoms with E-state index in [9.17, 15) is 4.79 Å². The summed E-state index contributed by atoms with van der Waals surface area (Å²) in [4.78, 5) is 12.4. The second-order valence-electron chi connectivity index (χ2n) is 7.00. The second kappa shape index (κ2) is 10.1. The summed E-state index contributed by atoms with van der Waals surface area (Å²) in [5.74, 6) is 1.75. The highest BCUT2D eigenvalue weighted by molar-refractivity contribution is 9.10. The zero-order valence-electron chi connectivity index (χ0n) is 17.5. The molecule has 30 heavy (non-hydrogen) atoms. The van der Waals surface area contributed by atoms with Crippen molar-refractivity contribution < 1.29 is 9.53 Å². The third kappa shape index (κ3) is 5.64. The molecule has 0 aliphatic rings. The number of amides is 1. The number of nitrogens with one attached hydrogen (secondary N) is 1. The first-order chi connectivity index (χ1) is 14.4. The molecular weight excluding hydrogens is 464 g/mol. The summed E-state index contributed by atoms with van der Waals surface area (Å²) in [6, 6.07) is 11.9. The van der Waals surface area contributed by atoms with Crippen LogP contribution in [-0.2, 0) is 17.9 Å². The minimum atomic E-state index is -0.0795. The molecule has 1 aromatic heterocycles. The van der Waals surface area contributed by atoms with Crippen LogP contribution in [0.4, 0.5) is 5.69 Å². The average Bonchev–Trinajstić information content (AvgIpc) is 3.09. The highest BCUT2D eigenvalue weighted by Gasteiger charge is 2.14. The van der Waals surface area contributed by atoms with Gasteiger partial charge in [0.2, 0.25) is 5.91 Å². The van der Waals surface area contributed by atoms with Crippen LogP contribution in [0.15, 0.2) is 46.0 Å². The number of rotatable bonds is 8. The maximum Gasteiger partial charge on any atom is 0.234 e. The fourth-order valence-electron chi connectivity index (χ4n) is 3.04. The molecule has 2 aromatic carbocycles. The van der Waals surface area contributed by atoms with Crippen LogP contribution in [-0.4, -0.2) is 26.4 Å². The number of thioether (sulfide) groups is 1. The Morgan fingerprint density at radius 3 is 2.63 bits per heavy atom. The van der Waals surface area contributed by atoms with Gasteiger partial charge in [-0.2, -0.15) is 0 Å². The number of aromatic nitrogens is 3. The molecule has 3 rings (SSSR count). The fraction of sp³-hybridized carbons (Fsp3) is 0.318. The van der Waals surface area contributed by atoms with Gasteiger partial charge in [-0.1, -0.05) is 45.4 Å². The summed E-state index contributed by atoms with van der Waals surface area (Å²) in [6.07, 6.45) is 0. The number of carbonyl (C=O) groups excluding carboxylic acids is 1. The molecule has 3 aromatic rings. The molecule has 0 saturated carbocycles. The van der Waals surface area contributed by atoms with Crippen LogP contribution in [0.2, 0.25) is 0 Å².